The maximum Gasteiger partial charge on any atom is 0.0306 e. The van der Waals surface area contributed by atoms with E-state index in [9.17, 15) is 0 Å². The number of rotatable bonds is 4. The average molecular weight is 383 g/mol. The second-order valence-corrected chi connectivity index (χ2v) is 6.42. The first kappa shape index (κ1) is 14.8. The van der Waals surface area contributed by atoms with Crippen LogP contribution in [0.2, 0.25) is 0 Å². The van der Waals surface area contributed by atoms with Crippen LogP contribution in [-0.2, 0) is 6.54 Å². The molecule has 0 saturated carbocycles. The second kappa shape index (κ2) is 6.69. The predicted molar refractivity (Wildman–Crippen MR) is 88.3 cm³/mol. The van der Waals surface area contributed by atoms with Gasteiger partial charge in [-0.05, 0) is 42.7 Å². The summed E-state index contributed by atoms with van der Waals surface area (Å²) in [5.41, 5.74) is 3.86. The number of aryl methyl sites for hydroxylation is 1. The molecule has 2 aromatic carbocycles. The molecule has 0 aliphatic carbocycles. The standard InChI is InChI=1S/C16H17Br2N/c1-11-9-13(7-8-15(11)17)10-19-12(2)14-5-3-4-6-16(14)18/h3-9,12,19H,10H2,1-2H3/t12-/m1/s1. The number of benzene rings is 2. The van der Waals surface area contributed by atoms with Gasteiger partial charge < -0.3 is 5.32 Å². The lowest BCUT2D eigenvalue weighted by Gasteiger charge is -2.16. The molecule has 0 unspecified atom stereocenters. The summed E-state index contributed by atoms with van der Waals surface area (Å²) in [5, 5.41) is 3.56. The molecule has 0 amide bonds. The summed E-state index contributed by atoms with van der Waals surface area (Å²) < 4.78 is 2.32. The van der Waals surface area contributed by atoms with E-state index in [2.05, 4.69) is 87.4 Å². The van der Waals surface area contributed by atoms with Crippen molar-refractivity contribution in [3.8, 4) is 0 Å². The van der Waals surface area contributed by atoms with Gasteiger partial charge in [-0.1, -0.05) is 62.2 Å². The highest BCUT2D eigenvalue weighted by atomic mass is 79.9. The van der Waals surface area contributed by atoms with Crippen LogP contribution in [0.3, 0.4) is 0 Å². The maximum atomic E-state index is 3.60. The Morgan fingerprint density at radius 3 is 2.47 bits per heavy atom. The van der Waals surface area contributed by atoms with Crippen molar-refractivity contribution in [1.29, 1.82) is 0 Å². The molecule has 100 valence electrons. The highest BCUT2D eigenvalue weighted by Gasteiger charge is 2.08. The van der Waals surface area contributed by atoms with Gasteiger partial charge in [0.25, 0.3) is 0 Å². The molecule has 19 heavy (non-hydrogen) atoms. The molecule has 3 heteroatoms. The molecule has 0 aromatic heterocycles. The fourth-order valence-corrected chi connectivity index (χ4v) is 2.90. The average Bonchev–Trinajstić information content (AvgIpc) is 2.40. The molecule has 0 fully saturated rings. The summed E-state index contributed by atoms with van der Waals surface area (Å²) in [6, 6.07) is 15.1. The maximum absolute atomic E-state index is 3.60. The highest BCUT2D eigenvalue weighted by Crippen LogP contribution is 2.23. The zero-order chi connectivity index (χ0) is 13.8. The van der Waals surface area contributed by atoms with Crippen molar-refractivity contribution in [3.63, 3.8) is 0 Å². The normalized spacial score (nSPS) is 12.4. The van der Waals surface area contributed by atoms with E-state index in [4.69, 9.17) is 0 Å². The summed E-state index contributed by atoms with van der Waals surface area (Å²) in [6.45, 7) is 5.17. The highest BCUT2D eigenvalue weighted by molar-refractivity contribution is 9.10. The lowest BCUT2D eigenvalue weighted by molar-refractivity contribution is 0.572. The largest absolute Gasteiger partial charge is 0.306 e. The fraction of sp³-hybridized carbons (Fsp3) is 0.250. The zero-order valence-corrected chi connectivity index (χ0v) is 14.3. The van der Waals surface area contributed by atoms with Crippen molar-refractivity contribution in [2.75, 3.05) is 0 Å². The van der Waals surface area contributed by atoms with Gasteiger partial charge in [-0.2, -0.15) is 0 Å². The van der Waals surface area contributed by atoms with Gasteiger partial charge in [0.1, 0.15) is 0 Å². The Balaban J connectivity index is 2.02. The predicted octanol–water partition coefficient (Wildman–Crippen LogP) is 5.37. The van der Waals surface area contributed by atoms with Gasteiger partial charge in [-0.3, -0.25) is 0 Å². The Bertz CT molecular complexity index is 566. The van der Waals surface area contributed by atoms with Gasteiger partial charge in [0.2, 0.25) is 0 Å². The lowest BCUT2D eigenvalue weighted by atomic mass is 10.1. The van der Waals surface area contributed by atoms with Crippen LogP contribution >= 0.6 is 31.9 Å². The Morgan fingerprint density at radius 1 is 1.05 bits per heavy atom. The van der Waals surface area contributed by atoms with E-state index in [0.29, 0.717) is 6.04 Å². The summed E-state index contributed by atoms with van der Waals surface area (Å²) in [6.07, 6.45) is 0. The SMILES string of the molecule is Cc1cc(CN[C@H](C)c2ccccc2Br)ccc1Br. The molecule has 0 aliphatic rings. The third kappa shape index (κ3) is 3.91. The molecule has 0 spiro atoms. The smallest absolute Gasteiger partial charge is 0.0306 e. The molecule has 1 nitrogen and oxygen atoms in total. The Hall–Kier alpha value is -0.640. The summed E-state index contributed by atoms with van der Waals surface area (Å²) in [5.74, 6) is 0. The van der Waals surface area contributed by atoms with E-state index in [-0.39, 0.29) is 0 Å². The van der Waals surface area contributed by atoms with Crippen LogP contribution < -0.4 is 5.32 Å². The molecule has 0 saturated heterocycles. The number of hydrogen-bond acceptors (Lipinski definition) is 1. The van der Waals surface area contributed by atoms with Crippen LogP contribution in [0, 0.1) is 6.92 Å². The van der Waals surface area contributed by atoms with E-state index >= 15 is 0 Å². The first-order valence-corrected chi connectivity index (χ1v) is 7.89. The van der Waals surface area contributed by atoms with Gasteiger partial charge >= 0.3 is 0 Å². The summed E-state index contributed by atoms with van der Waals surface area (Å²) in [7, 11) is 0. The minimum atomic E-state index is 0.319. The van der Waals surface area contributed by atoms with Crippen molar-refractivity contribution in [2.45, 2.75) is 26.4 Å². The summed E-state index contributed by atoms with van der Waals surface area (Å²) in [4.78, 5) is 0. The van der Waals surface area contributed by atoms with Crippen molar-refractivity contribution < 1.29 is 0 Å². The van der Waals surface area contributed by atoms with Crippen molar-refractivity contribution >= 4 is 31.9 Å². The van der Waals surface area contributed by atoms with Crippen LogP contribution in [0.1, 0.15) is 29.7 Å². The minimum absolute atomic E-state index is 0.319. The van der Waals surface area contributed by atoms with Crippen molar-refractivity contribution in [1.82, 2.24) is 5.32 Å². The Kier molecular flexibility index (Phi) is 5.20. The van der Waals surface area contributed by atoms with Crippen LogP contribution in [0.15, 0.2) is 51.4 Å². The summed E-state index contributed by atoms with van der Waals surface area (Å²) >= 11 is 7.13. The van der Waals surface area contributed by atoms with Crippen LogP contribution in [-0.4, -0.2) is 0 Å². The van der Waals surface area contributed by atoms with E-state index in [1.807, 2.05) is 6.07 Å². The number of halogens is 2. The van der Waals surface area contributed by atoms with Gasteiger partial charge in [-0.25, -0.2) is 0 Å². The van der Waals surface area contributed by atoms with E-state index in [1.165, 1.54) is 16.7 Å². The first-order chi connectivity index (χ1) is 9.08. The minimum Gasteiger partial charge on any atom is -0.306 e. The van der Waals surface area contributed by atoms with Gasteiger partial charge in [0.15, 0.2) is 0 Å². The molecule has 0 radical (unpaired) electrons. The van der Waals surface area contributed by atoms with Crippen molar-refractivity contribution in [3.05, 3.63) is 68.1 Å². The topological polar surface area (TPSA) is 12.0 Å². The molecular formula is C16H17Br2N. The van der Waals surface area contributed by atoms with Crippen LogP contribution in [0.4, 0.5) is 0 Å². The second-order valence-electron chi connectivity index (χ2n) is 4.71. The molecule has 0 bridgehead atoms. The van der Waals surface area contributed by atoms with Gasteiger partial charge in [0, 0.05) is 21.5 Å². The fourth-order valence-electron chi connectivity index (χ4n) is 2.02. The monoisotopic (exact) mass is 381 g/mol. The molecule has 2 rings (SSSR count). The number of hydrogen-bond donors (Lipinski definition) is 1. The third-order valence-corrected chi connectivity index (χ3v) is 4.82. The van der Waals surface area contributed by atoms with E-state index in [1.54, 1.807) is 0 Å². The van der Waals surface area contributed by atoms with Gasteiger partial charge in [0.05, 0.1) is 0 Å². The molecule has 0 aliphatic heterocycles. The van der Waals surface area contributed by atoms with Crippen molar-refractivity contribution in [2.24, 2.45) is 0 Å². The molecule has 2 aromatic rings. The van der Waals surface area contributed by atoms with Crippen LogP contribution in [0.25, 0.3) is 0 Å². The third-order valence-electron chi connectivity index (χ3n) is 3.21. The Labute approximate surface area is 131 Å². The quantitative estimate of drug-likeness (QED) is 0.749. The van der Waals surface area contributed by atoms with Crippen LogP contribution in [0.5, 0.6) is 0 Å². The Morgan fingerprint density at radius 2 is 1.79 bits per heavy atom. The zero-order valence-electron chi connectivity index (χ0n) is 11.1. The molecule has 0 heterocycles. The van der Waals surface area contributed by atoms with E-state index in [0.717, 1.165) is 15.5 Å². The molecular weight excluding hydrogens is 366 g/mol. The molecule has 1 N–H and O–H groups in total. The lowest BCUT2D eigenvalue weighted by Crippen LogP contribution is -2.18. The van der Waals surface area contributed by atoms with E-state index < -0.39 is 0 Å². The first-order valence-electron chi connectivity index (χ1n) is 6.31. The molecule has 1 atom stereocenters. The number of nitrogens with one attached hydrogen (secondary N) is 1. The van der Waals surface area contributed by atoms with Gasteiger partial charge in [-0.15, -0.1) is 0 Å².